The number of halogens is 2. The lowest BCUT2D eigenvalue weighted by Gasteiger charge is -2.16. The number of carbonyl (C=O) groups excluding carboxylic acids is 3. The molecule has 0 spiro atoms. The number of amides is 3. The van der Waals surface area contributed by atoms with Crippen LogP contribution in [0.5, 0.6) is 0 Å². The van der Waals surface area contributed by atoms with Gasteiger partial charge in [0.15, 0.2) is 0 Å². The number of ether oxygens (including phenoxy) is 1. The minimum atomic E-state index is -0.893. The van der Waals surface area contributed by atoms with Gasteiger partial charge in [-0.05, 0) is 58.5 Å². The highest BCUT2D eigenvalue weighted by atomic mass is 35.5. The van der Waals surface area contributed by atoms with Gasteiger partial charge in [-0.25, -0.2) is 9.78 Å². The summed E-state index contributed by atoms with van der Waals surface area (Å²) in [4.78, 5) is 49.4. The molecule has 0 aliphatic heterocycles. The predicted octanol–water partition coefficient (Wildman–Crippen LogP) is 4.51. The molecule has 0 bridgehead atoms. The van der Waals surface area contributed by atoms with Gasteiger partial charge < -0.3 is 20.4 Å². The van der Waals surface area contributed by atoms with Crippen LogP contribution in [0.2, 0.25) is 10.2 Å². The van der Waals surface area contributed by atoms with Gasteiger partial charge in [0.1, 0.15) is 23.0 Å². The van der Waals surface area contributed by atoms with E-state index in [1.54, 1.807) is 67.0 Å². The number of benzene rings is 2. The van der Waals surface area contributed by atoms with Crippen molar-refractivity contribution in [3.05, 3.63) is 107 Å². The molecular formula is C30H26Cl2N10O4. The third kappa shape index (κ3) is 8.31. The Hall–Kier alpha value is -5.60. The van der Waals surface area contributed by atoms with Crippen LogP contribution in [0.1, 0.15) is 29.4 Å². The fourth-order valence-corrected chi connectivity index (χ4v) is 4.74. The molecule has 0 saturated heterocycles. The Bertz CT molecular complexity index is 1850. The first-order chi connectivity index (χ1) is 22.3. The highest BCUT2D eigenvalue weighted by Gasteiger charge is 2.23. The van der Waals surface area contributed by atoms with Crippen molar-refractivity contribution in [3.8, 4) is 16.9 Å². The summed E-state index contributed by atoms with van der Waals surface area (Å²) >= 11 is 12.7. The lowest BCUT2D eigenvalue weighted by Crippen LogP contribution is -2.33. The molecule has 3 amide bonds. The molecule has 0 aliphatic rings. The Morgan fingerprint density at radius 1 is 1.11 bits per heavy atom. The van der Waals surface area contributed by atoms with Gasteiger partial charge in [0.05, 0.1) is 25.3 Å². The second-order valence-corrected chi connectivity index (χ2v) is 10.5. The Labute approximate surface area is 272 Å². The zero-order valence-corrected chi connectivity index (χ0v) is 25.7. The van der Waals surface area contributed by atoms with Crippen molar-refractivity contribution in [2.45, 2.75) is 19.0 Å². The highest BCUT2D eigenvalue weighted by molar-refractivity contribution is 6.32. The topological polar surface area (TPSA) is 182 Å². The predicted molar refractivity (Wildman–Crippen MR) is 170 cm³/mol. The van der Waals surface area contributed by atoms with Gasteiger partial charge in [-0.1, -0.05) is 41.4 Å². The van der Waals surface area contributed by atoms with E-state index in [1.165, 1.54) is 24.2 Å². The lowest BCUT2D eigenvalue weighted by atomic mass is 10.1. The number of aromatic nitrogens is 7. The molecule has 1 atom stereocenters. The summed E-state index contributed by atoms with van der Waals surface area (Å²) in [5.41, 5.74) is 3.51. The summed E-state index contributed by atoms with van der Waals surface area (Å²) in [6.45, 7) is 0.248. The summed E-state index contributed by atoms with van der Waals surface area (Å²) in [5, 5.41) is 20.1. The van der Waals surface area contributed by atoms with Crippen molar-refractivity contribution in [2.75, 3.05) is 12.4 Å². The Kier molecular flexibility index (Phi) is 10.3. The standard InChI is InChI=1S/C30H26Cl2N10O4/c1-46-30(45)36-22-8-4-19(5-9-22)27-28(32)39-29(38-27)23(14-26(44)34-16-18-3-2-12-33-15-18)37-25(43)11-6-20-13-21(31)7-10-24(20)42-17-35-40-41-42/h2-13,15,17,23H,14,16H2,1H3,(H,34,44)(H,36,45)(H,37,43)(H,38,39)/b11-6+/t23-/m0/s1. The van der Waals surface area contributed by atoms with E-state index in [9.17, 15) is 14.4 Å². The molecule has 3 heterocycles. The van der Waals surface area contributed by atoms with E-state index in [-0.39, 0.29) is 29.9 Å². The summed E-state index contributed by atoms with van der Waals surface area (Å²) in [7, 11) is 1.27. The number of nitrogens with one attached hydrogen (secondary N) is 4. The molecular weight excluding hydrogens is 635 g/mol. The van der Waals surface area contributed by atoms with E-state index in [1.807, 2.05) is 6.07 Å². The van der Waals surface area contributed by atoms with Gasteiger partial charge >= 0.3 is 6.09 Å². The number of aromatic amines is 1. The summed E-state index contributed by atoms with van der Waals surface area (Å²) in [6, 6.07) is 14.5. The number of pyridine rings is 1. The SMILES string of the molecule is COC(=O)Nc1ccc(-c2nc([C@H](CC(=O)NCc3cccnc3)NC(=O)/C=C/c3cc(Cl)ccc3-n3cnnn3)[nH]c2Cl)cc1. The zero-order valence-electron chi connectivity index (χ0n) is 24.1. The first-order valence-corrected chi connectivity index (χ1v) is 14.4. The molecule has 3 aromatic heterocycles. The average molecular weight is 662 g/mol. The maximum absolute atomic E-state index is 13.2. The number of hydrogen-bond donors (Lipinski definition) is 4. The van der Waals surface area contributed by atoms with Crippen LogP contribution in [0, 0.1) is 0 Å². The van der Waals surface area contributed by atoms with Crippen molar-refractivity contribution < 1.29 is 19.1 Å². The van der Waals surface area contributed by atoms with E-state index in [0.717, 1.165) is 5.56 Å². The number of hydrogen-bond acceptors (Lipinski definition) is 9. The zero-order chi connectivity index (χ0) is 32.5. The van der Waals surface area contributed by atoms with Crippen LogP contribution >= 0.6 is 23.2 Å². The van der Waals surface area contributed by atoms with E-state index in [0.29, 0.717) is 33.2 Å². The number of carbonyl (C=O) groups is 3. The lowest BCUT2D eigenvalue weighted by molar-refractivity contribution is -0.122. The minimum absolute atomic E-state index is 0.155. The molecule has 0 fully saturated rings. The number of H-pyrrole nitrogens is 1. The van der Waals surface area contributed by atoms with Gasteiger partial charge in [-0.2, -0.15) is 4.68 Å². The smallest absolute Gasteiger partial charge is 0.411 e. The Morgan fingerprint density at radius 2 is 1.93 bits per heavy atom. The average Bonchev–Trinajstić information content (AvgIpc) is 3.74. The molecule has 46 heavy (non-hydrogen) atoms. The molecule has 2 aromatic carbocycles. The van der Waals surface area contributed by atoms with E-state index >= 15 is 0 Å². The maximum atomic E-state index is 13.2. The summed E-state index contributed by atoms with van der Waals surface area (Å²) in [6.07, 6.45) is 6.81. The molecule has 0 aliphatic carbocycles. The van der Waals surface area contributed by atoms with E-state index in [2.05, 4.69) is 51.2 Å². The van der Waals surface area contributed by atoms with Crippen molar-refractivity contribution in [1.82, 2.24) is 45.8 Å². The van der Waals surface area contributed by atoms with Crippen molar-refractivity contribution in [1.29, 1.82) is 0 Å². The van der Waals surface area contributed by atoms with Crippen LogP contribution in [0.25, 0.3) is 23.0 Å². The van der Waals surface area contributed by atoms with Crippen LogP contribution in [-0.4, -0.2) is 60.2 Å². The first-order valence-electron chi connectivity index (χ1n) is 13.7. The highest BCUT2D eigenvalue weighted by Crippen LogP contribution is 2.29. The van der Waals surface area contributed by atoms with Gasteiger partial charge in [0.2, 0.25) is 11.8 Å². The Balaban J connectivity index is 1.37. The van der Waals surface area contributed by atoms with Crippen LogP contribution in [0.15, 0.2) is 79.4 Å². The van der Waals surface area contributed by atoms with Gasteiger partial charge in [-0.3, -0.25) is 19.9 Å². The number of methoxy groups -OCH3 is 1. The molecule has 4 N–H and O–H groups in total. The number of nitrogens with zero attached hydrogens (tertiary/aromatic N) is 6. The number of tetrazole rings is 1. The molecule has 234 valence electrons. The molecule has 5 aromatic rings. The third-order valence-corrected chi connectivity index (χ3v) is 7.02. The van der Waals surface area contributed by atoms with Crippen molar-refractivity contribution >= 4 is 52.9 Å². The van der Waals surface area contributed by atoms with Gasteiger partial charge in [-0.15, -0.1) is 5.10 Å². The van der Waals surface area contributed by atoms with E-state index in [4.69, 9.17) is 23.2 Å². The Morgan fingerprint density at radius 3 is 2.65 bits per heavy atom. The van der Waals surface area contributed by atoms with Crippen LogP contribution in [0.3, 0.4) is 0 Å². The van der Waals surface area contributed by atoms with Gasteiger partial charge in [0.25, 0.3) is 0 Å². The molecule has 0 radical (unpaired) electrons. The van der Waals surface area contributed by atoms with Crippen molar-refractivity contribution in [3.63, 3.8) is 0 Å². The van der Waals surface area contributed by atoms with E-state index < -0.39 is 18.0 Å². The van der Waals surface area contributed by atoms with Crippen LogP contribution < -0.4 is 16.0 Å². The fourth-order valence-electron chi connectivity index (χ4n) is 4.31. The van der Waals surface area contributed by atoms with Crippen LogP contribution in [-0.2, 0) is 20.9 Å². The minimum Gasteiger partial charge on any atom is -0.453 e. The second kappa shape index (κ2) is 14.9. The molecule has 0 saturated carbocycles. The molecule has 0 unspecified atom stereocenters. The molecule has 5 rings (SSSR count). The number of imidazole rings is 1. The first kappa shape index (κ1) is 31.8. The number of rotatable bonds is 11. The van der Waals surface area contributed by atoms with Crippen molar-refractivity contribution in [2.24, 2.45) is 0 Å². The third-order valence-electron chi connectivity index (χ3n) is 6.52. The molecule has 16 heteroatoms. The largest absolute Gasteiger partial charge is 0.453 e. The fraction of sp³-hybridized carbons (Fsp3) is 0.133. The molecule has 14 nitrogen and oxygen atoms in total. The van der Waals surface area contributed by atoms with Gasteiger partial charge in [0, 0.05) is 46.9 Å². The quantitative estimate of drug-likeness (QED) is 0.148. The summed E-state index contributed by atoms with van der Waals surface area (Å²) in [5.74, 6) is -0.603. The number of anilines is 1. The summed E-state index contributed by atoms with van der Waals surface area (Å²) < 4.78 is 6.05. The second-order valence-electron chi connectivity index (χ2n) is 9.67. The monoisotopic (exact) mass is 660 g/mol. The maximum Gasteiger partial charge on any atom is 0.411 e. The normalized spacial score (nSPS) is 11.6. The van der Waals surface area contributed by atoms with Crippen LogP contribution in [0.4, 0.5) is 10.5 Å².